The zero-order chi connectivity index (χ0) is 22.1. The van der Waals surface area contributed by atoms with E-state index in [1.807, 2.05) is 0 Å². The number of benzene rings is 1. The van der Waals surface area contributed by atoms with Gasteiger partial charge in [0.05, 0.1) is 11.4 Å². The molecule has 0 atom stereocenters. The van der Waals surface area contributed by atoms with Crippen molar-refractivity contribution in [2.75, 3.05) is 0 Å². The molecule has 0 aliphatic carbocycles. The molecule has 0 aliphatic rings. The van der Waals surface area contributed by atoms with Gasteiger partial charge in [-0.2, -0.15) is 0 Å². The van der Waals surface area contributed by atoms with Crippen molar-refractivity contribution < 1.29 is 18.3 Å². The van der Waals surface area contributed by atoms with Gasteiger partial charge in [0.25, 0.3) is 6.43 Å². The highest BCUT2D eigenvalue weighted by atomic mass is 35.5. The number of halogens is 4. The van der Waals surface area contributed by atoms with E-state index in [1.165, 1.54) is 16.8 Å². The summed E-state index contributed by atoms with van der Waals surface area (Å²) in [5.41, 5.74) is 0.797. The Morgan fingerprint density at radius 3 is 2.40 bits per heavy atom. The molecule has 0 N–H and O–H groups in total. The summed E-state index contributed by atoms with van der Waals surface area (Å²) in [5.74, 6) is -0.533. The minimum atomic E-state index is -2.75. The van der Waals surface area contributed by atoms with Gasteiger partial charge in [0, 0.05) is 22.3 Å². The molecule has 0 aliphatic heterocycles. The number of aromatic nitrogens is 3. The number of carbonyl (C=O) groups excluding carboxylic acids is 1. The Labute approximate surface area is 182 Å². The molecule has 9 heteroatoms. The SMILES string of the molecule is CC(C)(C)OC(=O)Cn1c(Cl)nc(-c2ccc(Cl)cc2)c1-c1ccnc(C(F)F)c1. The van der Waals surface area contributed by atoms with E-state index in [4.69, 9.17) is 27.9 Å². The van der Waals surface area contributed by atoms with Gasteiger partial charge in [0.2, 0.25) is 5.28 Å². The van der Waals surface area contributed by atoms with Gasteiger partial charge < -0.3 is 9.30 Å². The molecule has 0 saturated carbocycles. The fraction of sp³-hybridized carbons (Fsp3) is 0.286. The molecule has 5 nitrogen and oxygen atoms in total. The maximum absolute atomic E-state index is 13.2. The number of hydrogen-bond donors (Lipinski definition) is 0. The lowest BCUT2D eigenvalue weighted by atomic mass is 10.0. The standard InChI is InChI=1S/C21H19Cl2F2N3O2/c1-21(2,3)30-16(29)11-28-18(13-8-9-26-15(10-13)19(24)25)17(27-20(28)23)12-4-6-14(22)7-5-12/h4-10,19H,11H2,1-3H3. The number of hydrogen-bond acceptors (Lipinski definition) is 4. The topological polar surface area (TPSA) is 57.0 Å². The van der Waals surface area contributed by atoms with Crippen molar-refractivity contribution in [1.82, 2.24) is 14.5 Å². The van der Waals surface area contributed by atoms with Crippen molar-refractivity contribution in [2.45, 2.75) is 39.3 Å². The van der Waals surface area contributed by atoms with Crippen LogP contribution in [0.1, 0.15) is 32.9 Å². The van der Waals surface area contributed by atoms with E-state index in [2.05, 4.69) is 9.97 Å². The summed E-state index contributed by atoms with van der Waals surface area (Å²) in [7, 11) is 0. The lowest BCUT2D eigenvalue weighted by Gasteiger charge is -2.20. The molecule has 0 fully saturated rings. The van der Waals surface area contributed by atoms with E-state index in [-0.39, 0.29) is 11.8 Å². The quantitative estimate of drug-likeness (QED) is 0.431. The lowest BCUT2D eigenvalue weighted by Crippen LogP contribution is -2.26. The van der Waals surface area contributed by atoms with E-state index in [1.54, 1.807) is 51.1 Å². The molecular formula is C21H19Cl2F2N3O2. The van der Waals surface area contributed by atoms with Gasteiger partial charge in [-0.05, 0) is 56.6 Å². The van der Waals surface area contributed by atoms with Crippen molar-refractivity contribution in [3.05, 3.63) is 58.6 Å². The second kappa shape index (κ2) is 8.70. The molecule has 1 aromatic carbocycles. The number of imidazole rings is 1. The van der Waals surface area contributed by atoms with Crippen LogP contribution in [0.2, 0.25) is 10.3 Å². The zero-order valence-electron chi connectivity index (χ0n) is 16.5. The first-order valence-corrected chi connectivity index (χ1v) is 9.79. The van der Waals surface area contributed by atoms with Gasteiger partial charge in [-0.1, -0.05) is 23.7 Å². The Balaban J connectivity index is 2.16. The smallest absolute Gasteiger partial charge is 0.326 e. The third-order valence-electron chi connectivity index (χ3n) is 4.02. The zero-order valence-corrected chi connectivity index (χ0v) is 18.0. The number of pyridine rings is 1. The molecule has 158 valence electrons. The fourth-order valence-electron chi connectivity index (χ4n) is 2.89. The first-order valence-electron chi connectivity index (χ1n) is 9.03. The highest BCUT2D eigenvalue weighted by molar-refractivity contribution is 6.30. The first kappa shape index (κ1) is 22.2. The maximum atomic E-state index is 13.2. The van der Waals surface area contributed by atoms with Crippen LogP contribution in [0.5, 0.6) is 0 Å². The van der Waals surface area contributed by atoms with Crippen LogP contribution in [0.25, 0.3) is 22.5 Å². The fourth-order valence-corrected chi connectivity index (χ4v) is 3.24. The first-order chi connectivity index (χ1) is 14.0. The highest BCUT2D eigenvalue weighted by Gasteiger charge is 2.24. The normalized spacial score (nSPS) is 11.7. The van der Waals surface area contributed by atoms with Crippen LogP contribution >= 0.6 is 23.2 Å². The Morgan fingerprint density at radius 2 is 1.80 bits per heavy atom. The van der Waals surface area contributed by atoms with E-state index in [9.17, 15) is 13.6 Å². The third-order valence-corrected chi connectivity index (χ3v) is 4.56. The Bertz CT molecular complexity index is 1060. The van der Waals surface area contributed by atoms with E-state index in [0.29, 0.717) is 27.5 Å². The maximum Gasteiger partial charge on any atom is 0.326 e. The Morgan fingerprint density at radius 1 is 1.13 bits per heavy atom. The molecule has 0 unspecified atom stereocenters. The van der Waals surface area contributed by atoms with Gasteiger partial charge in [0.1, 0.15) is 17.8 Å². The summed E-state index contributed by atoms with van der Waals surface area (Å²) in [6.07, 6.45) is -1.47. The van der Waals surface area contributed by atoms with Gasteiger partial charge in [0.15, 0.2) is 0 Å². The van der Waals surface area contributed by atoms with Crippen LogP contribution in [0.4, 0.5) is 8.78 Å². The summed E-state index contributed by atoms with van der Waals surface area (Å²) < 4.78 is 33.3. The second-order valence-electron chi connectivity index (χ2n) is 7.53. The largest absolute Gasteiger partial charge is 0.459 e. The Hall–Kier alpha value is -2.51. The van der Waals surface area contributed by atoms with Gasteiger partial charge >= 0.3 is 5.97 Å². The molecule has 30 heavy (non-hydrogen) atoms. The van der Waals surface area contributed by atoms with Crippen LogP contribution in [0, 0.1) is 0 Å². The summed E-state index contributed by atoms with van der Waals surface area (Å²) in [5, 5.41) is 0.555. The molecule has 0 bridgehead atoms. The lowest BCUT2D eigenvalue weighted by molar-refractivity contribution is -0.155. The van der Waals surface area contributed by atoms with Crippen molar-refractivity contribution in [2.24, 2.45) is 0 Å². The van der Waals surface area contributed by atoms with E-state index >= 15 is 0 Å². The minimum Gasteiger partial charge on any atom is -0.459 e. The van der Waals surface area contributed by atoms with E-state index in [0.717, 1.165) is 0 Å². The molecule has 2 heterocycles. The number of ether oxygens (including phenoxy) is 1. The number of esters is 1. The molecule has 2 aromatic heterocycles. The van der Waals surface area contributed by atoms with Crippen molar-refractivity contribution >= 4 is 29.2 Å². The molecule has 3 rings (SSSR count). The summed E-state index contributed by atoms with van der Waals surface area (Å²) >= 11 is 12.3. The average molecular weight is 454 g/mol. The number of alkyl halides is 2. The number of rotatable bonds is 5. The molecule has 0 saturated heterocycles. The van der Waals surface area contributed by atoms with Crippen molar-refractivity contribution in [3.8, 4) is 22.5 Å². The van der Waals surface area contributed by atoms with Gasteiger partial charge in [-0.15, -0.1) is 0 Å². The Kier molecular flexibility index (Phi) is 6.43. The summed E-state index contributed by atoms with van der Waals surface area (Å²) in [4.78, 5) is 20.5. The van der Waals surface area contributed by atoms with Crippen LogP contribution in [0.3, 0.4) is 0 Å². The third kappa shape index (κ3) is 5.15. The van der Waals surface area contributed by atoms with E-state index < -0.39 is 23.7 Å². The summed E-state index contributed by atoms with van der Waals surface area (Å²) in [6, 6.07) is 9.64. The van der Waals surface area contributed by atoms with Gasteiger partial charge in [-0.3, -0.25) is 9.78 Å². The molecule has 3 aromatic rings. The van der Waals surface area contributed by atoms with Crippen LogP contribution in [0.15, 0.2) is 42.6 Å². The van der Waals surface area contributed by atoms with Crippen molar-refractivity contribution in [1.29, 1.82) is 0 Å². The molecular weight excluding hydrogens is 435 g/mol. The van der Waals surface area contributed by atoms with Gasteiger partial charge in [-0.25, -0.2) is 13.8 Å². The van der Waals surface area contributed by atoms with Crippen LogP contribution in [-0.4, -0.2) is 26.1 Å². The molecule has 0 radical (unpaired) electrons. The predicted octanol–water partition coefficient (Wildman–Crippen LogP) is 6.20. The van der Waals surface area contributed by atoms with Crippen molar-refractivity contribution in [3.63, 3.8) is 0 Å². The number of carbonyl (C=O) groups is 1. The second-order valence-corrected chi connectivity index (χ2v) is 8.30. The molecule has 0 spiro atoms. The van der Waals surface area contributed by atoms with Crippen LogP contribution < -0.4 is 0 Å². The van der Waals surface area contributed by atoms with Crippen LogP contribution in [-0.2, 0) is 16.1 Å². The average Bonchev–Trinajstić information content (AvgIpc) is 2.97. The monoisotopic (exact) mass is 453 g/mol. The summed E-state index contributed by atoms with van der Waals surface area (Å²) in [6.45, 7) is 5.01. The minimum absolute atomic E-state index is 0.0243. The number of nitrogens with zero attached hydrogens (tertiary/aromatic N) is 3. The highest BCUT2D eigenvalue weighted by Crippen LogP contribution is 2.36. The molecule has 0 amide bonds. The predicted molar refractivity (Wildman–Crippen MR) is 112 cm³/mol.